The molecule has 88 valence electrons. The Morgan fingerprint density at radius 2 is 2.29 bits per heavy atom. The quantitative estimate of drug-likeness (QED) is 0.751. The molecule has 2 rings (SSSR count). The van der Waals surface area contributed by atoms with E-state index in [0.29, 0.717) is 6.54 Å². The first-order chi connectivity index (χ1) is 8.24. The first-order valence-electron chi connectivity index (χ1n) is 5.26. The molecular formula is C11H11FN4O. The molecule has 0 radical (unpaired) electrons. The van der Waals surface area contributed by atoms with Crippen LogP contribution in [0.25, 0.3) is 0 Å². The van der Waals surface area contributed by atoms with Gasteiger partial charge in [-0.15, -0.1) is 5.10 Å². The van der Waals surface area contributed by atoms with Crippen LogP contribution < -0.4 is 0 Å². The highest BCUT2D eigenvalue weighted by Gasteiger charge is 2.18. The predicted octanol–water partition coefficient (Wildman–Crippen LogP) is 1.45. The molecule has 2 aromatic heterocycles. The Morgan fingerprint density at radius 3 is 3.00 bits per heavy atom. The van der Waals surface area contributed by atoms with Gasteiger partial charge >= 0.3 is 0 Å². The van der Waals surface area contributed by atoms with Crippen molar-refractivity contribution in [1.29, 1.82) is 0 Å². The van der Waals surface area contributed by atoms with Crippen LogP contribution in [-0.2, 0) is 6.54 Å². The number of carbonyl (C=O) groups excluding carboxylic acids is 1. The van der Waals surface area contributed by atoms with Gasteiger partial charge in [0, 0.05) is 12.7 Å². The average Bonchev–Trinajstić information content (AvgIpc) is 2.78. The second-order valence-corrected chi connectivity index (χ2v) is 3.53. The fourth-order valence-corrected chi connectivity index (χ4v) is 1.51. The Hall–Kier alpha value is -2.11. The van der Waals surface area contributed by atoms with Crippen LogP contribution in [0, 0.1) is 5.82 Å². The minimum Gasteiger partial charge on any atom is -0.287 e. The largest absolute Gasteiger partial charge is 0.287 e. The van der Waals surface area contributed by atoms with Gasteiger partial charge in [0.1, 0.15) is 5.69 Å². The van der Waals surface area contributed by atoms with E-state index in [4.69, 9.17) is 0 Å². The number of carbonyl (C=O) groups is 1. The molecule has 0 aliphatic rings. The molecule has 6 heteroatoms. The van der Waals surface area contributed by atoms with E-state index >= 15 is 0 Å². The number of halogens is 1. The van der Waals surface area contributed by atoms with Gasteiger partial charge < -0.3 is 0 Å². The van der Waals surface area contributed by atoms with Crippen molar-refractivity contribution >= 4 is 5.78 Å². The van der Waals surface area contributed by atoms with Gasteiger partial charge in [0.2, 0.25) is 5.78 Å². The van der Waals surface area contributed by atoms with Crippen molar-refractivity contribution in [1.82, 2.24) is 20.0 Å². The van der Waals surface area contributed by atoms with Crippen LogP contribution in [0.3, 0.4) is 0 Å². The summed E-state index contributed by atoms with van der Waals surface area (Å²) >= 11 is 0. The van der Waals surface area contributed by atoms with Crippen molar-refractivity contribution < 1.29 is 9.18 Å². The maximum Gasteiger partial charge on any atom is 0.215 e. The molecule has 0 aliphatic heterocycles. The third kappa shape index (κ3) is 2.20. The van der Waals surface area contributed by atoms with Crippen molar-refractivity contribution in [2.24, 2.45) is 0 Å². The highest BCUT2D eigenvalue weighted by Crippen LogP contribution is 2.11. The van der Waals surface area contributed by atoms with E-state index in [-0.39, 0.29) is 11.3 Å². The summed E-state index contributed by atoms with van der Waals surface area (Å²) in [6.45, 7) is 2.54. The van der Waals surface area contributed by atoms with Gasteiger partial charge in [-0.2, -0.15) is 0 Å². The molecule has 0 bridgehead atoms. The van der Waals surface area contributed by atoms with E-state index < -0.39 is 11.6 Å². The number of nitrogens with zero attached hydrogens (tertiary/aromatic N) is 4. The second kappa shape index (κ2) is 4.82. The standard InChI is InChI=1S/C11H11FN4O/c1-2-5-16-10(7-14-15-16)11(17)8-3-4-13-6-9(8)12/h3-4,6-7H,2,5H2,1H3. The van der Waals surface area contributed by atoms with Gasteiger partial charge in [0.15, 0.2) is 5.82 Å². The van der Waals surface area contributed by atoms with Gasteiger partial charge in [-0.05, 0) is 12.5 Å². The van der Waals surface area contributed by atoms with E-state index in [2.05, 4.69) is 15.3 Å². The molecular weight excluding hydrogens is 223 g/mol. The first kappa shape index (κ1) is 11.4. The number of ketones is 1. The van der Waals surface area contributed by atoms with Gasteiger partial charge in [0.05, 0.1) is 18.0 Å². The molecule has 0 aliphatic carbocycles. The predicted molar refractivity (Wildman–Crippen MR) is 57.9 cm³/mol. The van der Waals surface area contributed by atoms with E-state index in [1.165, 1.54) is 23.1 Å². The summed E-state index contributed by atoms with van der Waals surface area (Å²) in [5.41, 5.74) is 0.275. The summed E-state index contributed by atoms with van der Waals surface area (Å²) in [4.78, 5) is 15.7. The van der Waals surface area contributed by atoms with Crippen LogP contribution >= 0.6 is 0 Å². The van der Waals surface area contributed by atoms with Crippen LogP contribution in [0.2, 0.25) is 0 Å². The van der Waals surface area contributed by atoms with Crippen LogP contribution in [-0.4, -0.2) is 25.8 Å². The van der Waals surface area contributed by atoms with Crippen molar-refractivity contribution in [3.63, 3.8) is 0 Å². The summed E-state index contributed by atoms with van der Waals surface area (Å²) in [6, 6.07) is 1.35. The van der Waals surface area contributed by atoms with E-state index in [1.807, 2.05) is 6.92 Å². The summed E-state index contributed by atoms with van der Waals surface area (Å²) in [7, 11) is 0. The molecule has 17 heavy (non-hydrogen) atoms. The van der Waals surface area contributed by atoms with Crippen LogP contribution in [0.1, 0.15) is 29.4 Å². The maximum absolute atomic E-state index is 13.4. The lowest BCUT2D eigenvalue weighted by molar-refractivity contribution is 0.102. The van der Waals surface area contributed by atoms with Crippen molar-refractivity contribution in [2.75, 3.05) is 0 Å². The number of rotatable bonds is 4. The normalized spacial score (nSPS) is 10.5. The third-order valence-corrected chi connectivity index (χ3v) is 2.30. The van der Waals surface area contributed by atoms with Crippen molar-refractivity contribution in [2.45, 2.75) is 19.9 Å². The zero-order chi connectivity index (χ0) is 12.3. The van der Waals surface area contributed by atoms with E-state index in [9.17, 15) is 9.18 Å². The van der Waals surface area contributed by atoms with Gasteiger partial charge in [-0.1, -0.05) is 12.1 Å². The van der Waals surface area contributed by atoms with Crippen LogP contribution in [0.4, 0.5) is 4.39 Å². The third-order valence-electron chi connectivity index (χ3n) is 2.30. The van der Waals surface area contributed by atoms with E-state index in [1.54, 1.807) is 0 Å². The van der Waals surface area contributed by atoms with Gasteiger partial charge in [-0.25, -0.2) is 9.07 Å². The van der Waals surface area contributed by atoms with Crippen molar-refractivity contribution in [3.05, 3.63) is 41.7 Å². The number of aryl methyl sites for hydroxylation is 1. The Labute approximate surface area is 97.3 Å². The number of pyridine rings is 1. The lowest BCUT2D eigenvalue weighted by Gasteiger charge is -2.04. The Morgan fingerprint density at radius 1 is 1.47 bits per heavy atom. The molecule has 0 amide bonds. The van der Waals surface area contributed by atoms with Gasteiger partial charge in [0.25, 0.3) is 0 Å². The number of hydrogen-bond acceptors (Lipinski definition) is 4. The van der Waals surface area contributed by atoms with Crippen LogP contribution in [0.15, 0.2) is 24.7 Å². The molecule has 0 saturated carbocycles. The summed E-state index contributed by atoms with van der Waals surface area (Å²) in [5.74, 6) is -1.06. The minimum atomic E-state index is -0.637. The highest BCUT2D eigenvalue weighted by atomic mass is 19.1. The highest BCUT2D eigenvalue weighted by molar-refractivity contribution is 6.07. The number of aromatic nitrogens is 4. The monoisotopic (exact) mass is 234 g/mol. The second-order valence-electron chi connectivity index (χ2n) is 3.53. The molecule has 2 heterocycles. The zero-order valence-corrected chi connectivity index (χ0v) is 9.30. The van der Waals surface area contributed by atoms with Gasteiger partial charge in [-0.3, -0.25) is 9.78 Å². The Bertz CT molecular complexity index is 538. The Balaban J connectivity index is 2.37. The topological polar surface area (TPSA) is 60.7 Å². The van der Waals surface area contributed by atoms with E-state index in [0.717, 1.165) is 12.6 Å². The minimum absolute atomic E-state index is 0.0142. The Kier molecular flexibility index (Phi) is 3.22. The summed E-state index contributed by atoms with van der Waals surface area (Å²) in [5, 5.41) is 7.46. The van der Waals surface area contributed by atoms with Crippen molar-refractivity contribution in [3.8, 4) is 0 Å². The molecule has 0 spiro atoms. The molecule has 0 N–H and O–H groups in total. The molecule has 0 atom stereocenters. The number of hydrogen-bond donors (Lipinski definition) is 0. The smallest absolute Gasteiger partial charge is 0.215 e. The van der Waals surface area contributed by atoms with Crippen LogP contribution in [0.5, 0.6) is 0 Å². The molecule has 2 aromatic rings. The lowest BCUT2D eigenvalue weighted by Crippen LogP contribution is -2.12. The summed E-state index contributed by atoms with van der Waals surface area (Å²) in [6.07, 6.45) is 4.56. The molecule has 0 unspecified atom stereocenters. The maximum atomic E-state index is 13.4. The lowest BCUT2D eigenvalue weighted by atomic mass is 10.1. The zero-order valence-electron chi connectivity index (χ0n) is 9.30. The fraction of sp³-hybridized carbons (Fsp3) is 0.273. The fourth-order valence-electron chi connectivity index (χ4n) is 1.51. The molecule has 0 aromatic carbocycles. The SMILES string of the molecule is CCCn1nncc1C(=O)c1ccncc1F. The average molecular weight is 234 g/mol. The molecule has 5 nitrogen and oxygen atoms in total. The first-order valence-corrected chi connectivity index (χ1v) is 5.26. The summed E-state index contributed by atoms with van der Waals surface area (Å²) < 4.78 is 14.9. The molecule has 0 saturated heterocycles. The molecule has 0 fully saturated rings.